The average molecular weight is 179 g/mol. The third kappa shape index (κ3) is 1.71. The molecule has 1 heterocycles. The summed E-state index contributed by atoms with van der Waals surface area (Å²) in [4.78, 5) is 4.26. The molecule has 0 amide bonds. The summed E-state index contributed by atoms with van der Waals surface area (Å²) in [7, 11) is 0. The number of hydrogen-bond acceptors (Lipinski definition) is 1. The first-order valence-corrected chi connectivity index (χ1v) is 4.84. The summed E-state index contributed by atoms with van der Waals surface area (Å²) in [5.74, 6) is 0.692. The first-order valence-electron chi connectivity index (χ1n) is 4.84. The van der Waals surface area contributed by atoms with Crippen LogP contribution in [0.1, 0.15) is 49.8 Å². The van der Waals surface area contributed by atoms with Crippen molar-refractivity contribution in [1.82, 2.24) is 4.98 Å². The maximum Gasteiger partial charge on any atom is 0.130 e. The quantitative estimate of drug-likeness (QED) is 0.679. The first kappa shape index (κ1) is 8.67. The Balaban J connectivity index is 2.31. The maximum absolute atomic E-state index is 13.5. The monoisotopic (exact) mass is 179 g/mol. The van der Waals surface area contributed by atoms with Gasteiger partial charge in [0, 0.05) is 17.5 Å². The van der Waals surface area contributed by atoms with E-state index in [1.165, 1.54) is 0 Å². The van der Waals surface area contributed by atoms with E-state index >= 15 is 0 Å². The second-order valence-electron chi connectivity index (χ2n) is 4.06. The molecule has 1 aliphatic carbocycles. The SMILES string of the molecule is CC(C)c1cc(F)c(C2CC2)cn1. The second kappa shape index (κ2) is 3.09. The maximum atomic E-state index is 13.5. The smallest absolute Gasteiger partial charge is 0.130 e. The molecule has 1 saturated carbocycles. The summed E-state index contributed by atoms with van der Waals surface area (Å²) in [6, 6.07) is 1.58. The molecule has 1 fully saturated rings. The van der Waals surface area contributed by atoms with Gasteiger partial charge in [-0.15, -0.1) is 0 Å². The number of pyridine rings is 1. The van der Waals surface area contributed by atoms with Crippen LogP contribution in [-0.4, -0.2) is 4.98 Å². The van der Waals surface area contributed by atoms with Crippen LogP contribution < -0.4 is 0 Å². The highest BCUT2D eigenvalue weighted by molar-refractivity contribution is 5.25. The highest BCUT2D eigenvalue weighted by atomic mass is 19.1. The molecule has 0 unspecified atom stereocenters. The van der Waals surface area contributed by atoms with Crippen LogP contribution in [0.25, 0.3) is 0 Å². The van der Waals surface area contributed by atoms with Crippen molar-refractivity contribution in [2.75, 3.05) is 0 Å². The van der Waals surface area contributed by atoms with E-state index in [1.807, 2.05) is 13.8 Å². The van der Waals surface area contributed by atoms with Gasteiger partial charge in [0.2, 0.25) is 0 Å². The molecule has 0 aromatic carbocycles. The average Bonchev–Trinajstić information content (AvgIpc) is 2.87. The van der Waals surface area contributed by atoms with E-state index in [9.17, 15) is 4.39 Å². The lowest BCUT2D eigenvalue weighted by molar-refractivity contribution is 0.601. The molecular formula is C11H14FN. The van der Waals surface area contributed by atoms with Gasteiger partial charge in [0.05, 0.1) is 0 Å². The van der Waals surface area contributed by atoms with Gasteiger partial charge in [0.25, 0.3) is 0 Å². The lowest BCUT2D eigenvalue weighted by atomic mass is 10.1. The zero-order valence-electron chi connectivity index (χ0n) is 8.05. The minimum Gasteiger partial charge on any atom is -0.261 e. The van der Waals surface area contributed by atoms with E-state index in [1.54, 1.807) is 12.3 Å². The Morgan fingerprint density at radius 2 is 2.15 bits per heavy atom. The number of aromatic nitrogens is 1. The second-order valence-corrected chi connectivity index (χ2v) is 4.06. The number of halogens is 1. The fraction of sp³-hybridized carbons (Fsp3) is 0.545. The Morgan fingerprint density at radius 3 is 2.62 bits per heavy atom. The molecule has 0 atom stereocenters. The predicted molar refractivity (Wildman–Crippen MR) is 50.3 cm³/mol. The zero-order chi connectivity index (χ0) is 9.42. The molecule has 2 heteroatoms. The van der Waals surface area contributed by atoms with Crippen LogP contribution in [0.3, 0.4) is 0 Å². The molecule has 70 valence electrons. The van der Waals surface area contributed by atoms with Crippen LogP contribution >= 0.6 is 0 Å². The summed E-state index contributed by atoms with van der Waals surface area (Å²) in [5.41, 5.74) is 1.66. The minimum atomic E-state index is -0.0683. The van der Waals surface area contributed by atoms with Crippen molar-refractivity contribution in [3.05, 3.63) is 29.3 Å². The van der Waals surface area contributed by atoms with Crippen molar-refractivity contribution in [1.29, 1.82) is 0 Å². The molecule has 2 rings (SSSR count). The van der Waals surface area contributed by atoms with Crippen molar-refractivity contribution in [3.63, 3.8) is 0 Å². The number of hydrogen-bond donors (Lipinski definition) is 0. The minimum absolute atomic E-state index is 0.0683. The van der Waals surface area contributed by atoms with Crippen LogP contribution in [0.4, 0.5) is 4.39 Å². The van der Waals surface area contributed by atoms with Crippen LogP contribution in [0.5, 0.6) is 0 Å². The molecule has 0 radical (unpaired) electrons. The van der Waals surface area contributed by atoms with Gasteiger partial charge in [0.15, 0.2) is 0 Å². The Hall–Kier alpha value is -0.920. The van der Waals surface area contributed by atoms with E-state index in [2.05, 4.69) is 4.98 Å². The van der Waals surface area contributed by atoms with Crippen LogP contribution in [0.15, 0.2) is 12.3 Å². The molecule has 1 nitrogen and oxygen atoms in total. The standard InChI is InChI=1S/C11H14FN/c1-7(2)11-5-10(12)9(6-13-11)8-3-4-8/h5-8H,3-4H2,1-2H3. The van der Waals surface area contributed by atoms with Crippen molar-refractivity contribution in [2.45, 2.75) is 38.5 Å². The lowest BCUT2D eigenvalue weighted by Crippen LogP contribution is -1.97. The van der Waals surface area contributed by atoms with Gasteiger partial charge in [-0.05, 0) is 30.7 Å². The highest BCUT2D eigenvalue weighted by Crippen LogP contribution is 2.41. The van der Waals surface area contributed by atoms with E-state index in [-0.39, 0.29) is 5.82 Å². The summed E-state index contributed by atoms with van der Waals surface area (Å²) in [6.07, 6.45) is 3.96. The normalized spacial score (nSPS) is 16.6. The molecule has 13 heavy (non-hydrogen) atoms. The fourth-order valence-corrected chi connectivity index (χ4v) is 1.47. The molecule has 1 aromatic heterocycles. The molecule has 0 spiro atoms. The largest absolute Gasteiger partial charge is 0.261 e. The predicted octanol–water partition coefficient (Wildman–Crippen LogP) is 3.22. The zero-order valence-corrected chi connectivity index (χ0v) is 8.05. The summed E-state index contributed by atoms with van der Waals surface area (Å²) >= 11 is 0. The Labute approximate surface area is 78.0 Å². The van der Waals surface area contributed by atoms with Crippen molar-refractivity contribution in [2.24, 2.45) is 0 Å². The molecule has 0 aliphatic heterocycles. The molecule has 1 aromatic rings. The van der Waals surface area contributed by atoms with E-state index in [0.717, 1.165) is 24.1 Å². The van der Waals surface area contributed by atoms with Crippen LogP contribution in [0, 0.1) is 5.82 Å². The van der Waals surface area contributed by atoms with Crippen LogP contribution in [-0.2, 0) is 0 Å². The Bertz CT molecular complexity index is 316. The third-order valence-electron chi connectivity index (χ3n) is 2.51. The van der Waals surface area contributed by atoms with Gasteiger partial charge in [-0.1, -0.05) is 13.8 Å². The molecule has 0 saturated heterocycles. The lowest BCUT2D eigenvalue weighted by Gasteiger charge is -2.06. The van der Waals surface area contributed by atoms with E-state index in [0.29, 0.717) is 11.8 Å². The number of nitrogens with zero attached hydrogens (tertiary/aromatic N) is 1. The highest BCUT2D eigenvalue weighted by Gasteiger charge is 2.26. The van der Waals surface area contributed by atoms with Gasteiger partial charge in [0.1, 0.15) is 5.82 Å². The van der Waals surface area contributed by atoms with Crippen molar-refractivity contribution in [3.8, 4) is 0 Å². The van der Waals surface area contributed by atoms with Crippen molar-refractivity contribution < 1.29 is 4.39 Å². The molecule has 0 N–H and O–H groups in total. The van der Waals surface area contributed by atoms with Gasteiger partial charge in [-0.3, -0.25) is 4.98 Å². The van der Waals surface area contributed by atoms with Gasteiger partial charge in [-0.2, -0.15) is 0 Å². The molecular weight excluding hydrogens is 165 g/mol. The first-order chi connectivity index (χ1) is 6.18. The topological polar surface area (TPSA) is 12.9 Å². The summed E-state index contributed by atoms with van der Waals surface area (Å²) in [6.45, 7) is 4.05. The van der Waals surface area contributed by atoms with E-state index < -0.39 is 0 Å². The number of rotatable bonds is 2. The van der Waals surface area contributed by atoms with Gasteiger partial charge >= 0.3 is 0 Å². The summed E-state index contributed by atoms with van der Waals surface area (Å²) in [5, 5.41) is 0. The molecule has 0 bridgehead atoms. The Kier molecular flexibility index (Phi) is 2.06. The molecule has 1 aliphatic rings. The Morgan fingerprint density at radius 1 is 1.46 bits per heavy atom. The summed E-state index contributed by atoms with van der Waals surface area (Å²) < 4.78 is 13.5. The van der Waals surface area contributed by atoms with E-state index in [4.69, 9.17) is 0 Å². The van der Waals surface area contributed by atoms with Gasteiger partial charge < -0.3 is 0 Å². The van der Waals surface area contributed by atoms with Gasteiger partial charge in [-0.25, -0.2) is 4.39 Å². The van der Waals surface area contributed by atoms with Crippen LogP contribution in [0.2, 0.25) is 0 Å². The fourth-order valence-electron chi connectivity index (χ4n) is 1.47. The van der Waals surface area contributed by atoms with Crippen molar-refractivity contribution >= 4 is 0 Å². The third-order valence-corrected chi connectivity index (χ3v) is 2.51.